The van der Waals surface area contributed by atoms with Gasteiger partial charge in [-0.05, 0) is 43.9 Å². The van der Waals surface area contributed by atoms with Crippen LogP contribution in [0.3, 0.4) is 0 Å². The molecule has 38 heavy (non-hydrogen) atoms. The first-order valence-electron chi connectivity index (χ1n) is 12.5. The molecule has 0 spiro atoms. The Labute approximate surface area is 220 Å². The van der Waals surface area contributed by atoms with Crippen LogP contribution in [-0.2, 0) is 21.5 Å². The third kappa shape index (κ3) is 4.59. The van der Waals surface area contributed by atoms with E-state index < -0.39 is 17.2 Å². The van der Waals surface area contributed by atoms with Crippen LogP contribution in [0.25, 0.3) is 11.1 Å². The van der Waals surface area contributed by atoms with Crippen molar-refractivity contribution in [2.75, 3.05) is 58.9 Å². The number of ether oxygens (including phenoxy) is 1. The lowest BCUT2D eigenvalue weighted by molar-refractivity contribution is -0.127. The number of benzene rings is 1. The minimum Gasteiger partial charge on any atom is -0.497 e. The van der Waals surface area contributed by atoms with Gasteiger partial charge in [-0.3, -0.25) is 19.7 Å². The molecular weight excluding hydrogens is 490 g/mol. The maximum absolute atomic E-state index is 13.3. The van der Waals surface area contributed by atoms with Crippen molar-refractivity contribution in [2.24, 2.45) is 0 Å². The molecule has 1 atom stereocenters. The van der Waals surface area contributed by atoms with E-state index in [0.717, 1.165) is 12.1 Å². The summed E-state index contributed by atoms with van der Waals surface area (Å²) in [6, 6.07) is 10.6. The number of fused-ring (bicyclic) bond motifs is 2. The predicted molar refractivity (Wildman–Crippen MR) is 139 cm³/mol. The number of amides is 3. The molecule has 1 fully saturated rings. The van der Waals surface area contributed by atoms with Crippen molar-refractivity contribution in [3.8, 4) is 5.75 Å². The fourth-order valence-corrected chi connectivity index (χ4v) is 5.08. The average molecular weight is 522 g/mol. The topological polar surface area (TPSA) is 128 Å². The molecule has 0 saturated carbocycles. The summed E-state index contributed by atoms with van der Waals surface area (Å²) >= 11 is 0. The number of methoxy groups -OCH3 is 1. The summed E-state index contributed by atoms with van der Waals surface area (Å²) in [5.41, 5.74) is 0.954. The molecule has 200 valence electrons. The minimum atomic E-state index is -1.38. The molecule has 3 aromatic rings. The quantitative estimate of drug-likeness (QED) is 0.377. The van der Waals surface area contributed by atoms with Gasteiger partial charge >= 0.3 is 0 Å². The van der Waals surface area contributed by atoms with Crippen LogP contribution in [0.5, 0.6) is 5.75 Å². The van der Waals surface area contributed by atoms with Crippen LogP contribution in [0.2, 0.25) is 0 Å². The van der Waals surface area contributed by atoms with Gasteiger partial charge in [-0.2, -0.15) is 0 Å². The molecule has 11 nitrogen and oxygen atoms in total. The number of hydrogen-bond acceptors (Lipinski definition) is 9. The number of pyridine rings is 1. The Balaban J connectivity index is 1.48. The second-order valence-electron chi connectivity index (χ2n) is 10.00. The van der Waals surface area contributed by atoms with E-state index in [-0.39, 0.29) is 31.2 Å². The molecule has 0 radical (unpaired) electrons. The van der Waals surface area contributed by atoms with E-state index in [2.05, 4.69) is 5.32 Å². The van der Waals surface area contributed by atoms with E-state index in [1.54, 1.807) is 29.2 Å². The van der Waals surface area contributed by atoms with Crippen molar-refractivity contribution in [1.82, 2.24) is 20.1 Å². The van der Waals surface area contributed by atoms with E-state index in [0.29, 0.717) is 47.9 Å². The normalized spacial score (nSPS) is 19.0. The number of imide groups is 1. The number of rotatable bonds is 10. The van der Waals surface area contributed by atoms with Crippen LogP contribution >= 0.6 is 0 Å². The number of anilines is 1. The molecule has 1 aromatic carbocycles. The SMILES string of the molecule is COc1ccc2c(c1)C(=O)N(C[C@@]1(c3cc4nc(N(CCO)CCN(C)C)ccc4o3)CC(=O)NC1=O)C2. The monoisotopic (exact) mass is 521 g/mol. The van der Waals surface area contributed by atoms with E-state index in [1.807, 2.05) is 36.0 Å². The van der Waals surface area contributed by atoms with Crippen molar-refractivity contribution in [3.05, 3.63) is 53.3 Å². The lowest BCUT2D eigenvalue weighted by atomic mass is 9.82. The van der Waals surface area contributed by atoms with Crippen LogP contribution in [-0.4, -0.2) is 91.6 Å². The first-order valence-corrected chi connectivity index (χ1v) is 12.5. The van der Waals surface area contributed by atoms with Gasteiger partial charge in [0, 0.05) is 44.4 Å². The Morgan fingerprint density at radius 2 is 1.95 bits per heavy atom. The van der Waals surface area contributed by atoms with Gasteiger partial charge in [0.2, 0.25) is 11.8 Å². The zero-order chi connectivity index (χ0) is 27.0. The summed E-state index contributed by atoms with van der Waals surface area (Å²) < 4.78 is 11.4. The van der Waals surface area contributed by atoms with Crippen LogP contribution < -0.4 is 15.0 Å². The molecule has 0 aliphatic carbocycles. The summed E-state index contributed by atoms with van der Waals surface area (Å²) in [6.45, 7) is 2.13. The van der Waals surface area contributed by atoms with Gasteiger partial charge in [-0.25, -0.2) is 4.98 Å². The lowest BCUT2D eigenvalue weighted by Gasteiger charge is -2.28. The number of hydrogen-bond donors (Lipinski definition) is 2. The summed E-state index contributed by atoms with van der Waals surface area (Å²) in [5, 5.41) is 11.9. The van der Waals surface area contributed by atoms with Crippen molar-refractivity contribution in [2.45, 2.75) is 18.4 Å². The second kappa shape index (κ2) is 10.1. The zero-order valence-electron chi connectivity index (χ0n) is 21.7. The Morgan fingerprint density at radius 3 is 2.63 bits per heavy atom. The number of aliphatic hydroxyl groups excluding tert-OH is 1. The van der Waals surface area contributed by atoms with Crippen molar-refractivity contribution in [3.63, 3.8) is 0 Å². The largest absolute Gasteiger partial charge is 0.497 e. The third-order valence-corrected chi connectivity index (χ3v) is 7.15. The predicted octanol–water partition coefficient (Wildman–Crippen LogP) is 1.14. The van der Waals surface area contributed by atoms with Gasteiger partial charge < -0.3 is 29.0 Å². The molecule has 0 bridgehead atoms. The molecule has 2 aliphatic rings. The van der Waals surface area contributed by atoms with Gasteiger partial charge in [0.05, 0.1) is 20.1 Å². The Hall–Kier alpha value is -3.96. The second-order valence-corrected chi connectivity index (χ2v) is 10.00. The molecule has 2 N–H and O–H groups in total. The maximum Gasteiger partial charge on any atom is 0.254 e. The molecule has 5 rings (SSSR count). The number of nitrogens with one attached hydrogen (secondary N) is 1. The molecule has 11 heteroatoms. The van der Waals surface area contributed by atoms with Crippen molar-refractivity contribution < 1.29 is 28.6 Å². The fourth-order valence-electron chi connectivity index (χ4n) is 5.08. The minimum absolute atomic E-state index is 0.0205. The van der Waals surface area contributed by atoms with E-state index in [1.165, 1.54) is 7.11 Å². The summed E-state index contributed by atoms with van der Waals surface area (Å²) in [4.78, 5) is 49.2. The van der Waals surface area contributed by atoms with Crippen LogP contribution in [0.4, 0.5) is 5.82 Å². The molecule has 3 amide bonds. The maximum atomic E-state index is 13.3. The van der Waals surface area contributed by atoms with Gasteiger partial charge in [-0.15, -0.1) is 0 Å². The van der Waals surface area contributed by atoms with Gasteiger partial charge in [-0.1, -0.05) is 6.07 Å². The number of aliphatic hydroxyl groups is 1. The van der Waals surface area contributed by atoms with E-state index in [4.69, 9.17) is 14.1 Å². The Kier molecular flexibility index (Phi) is 6.80. The molecule has 4 heterocycles. The highest BCUT2D eigenvalue weighted by molar-refractivity contribution is 6.10. The Morgan fingerprint density at radius 1 is 1.13 bits per heavy atom. The Bertz CT molecular complexity index is 1400. The van der Waals surface area contributed by atoms with Crippen molar-refractivity contribution in [1.29, 1.82) is 0 Å². The number of carbonyl (C=O) groups excluding carboxylic acids is 3. The molecule has 2 aromatic heterocycles. The highest BCUT2D eigenvalue weighted by atomic mass is 16.5. The standard InChI is InChI=1S/C27H31N5O6/c1-30(2)8-9-31(10-11-33)23-7-6-21-20(28-23)13-22(38-21)27(14-24(34)29-26(27)36)16-32-15-17-4-5-18(37-3)12-19(17)25(32)35/h4-7,12-13,33H,8-11,14-16H2,1-3H3,(H,29,34,36)/t27-/m1/s1. The first kappa shape index (κ1) is 25.7. The molecule has 1 saturated heterocycles. The first-order chi connectivity index (χ1) is 18.2. The van der Waals surface area contributed by atoms with Gasteiger partial charge in [0.25, 0.3) is 5.91 Å². The highest BCUT2D eigenvalue weighted by Crippen LogP contribution is 2.39. The van der Waals surface area contributed by atoms with Crippen LogP contribution in [0.15, 0.2) is 40.8 Å². The number of aromatic nitrogens is 1. The van der Waals surface area contributed by atoms with Crippen molar-refractivity contribution >= 4 is 34.6 Å². The van der Waals surface area contributed by atoms with Crippen LogP contribution in [0, 0.1) is 0 Å². The van der Waals surface area contributed by atoms with Gasteiger partial charge in [0.15, 0.2) is 5.58 Å². The summed E-state index contributed by atoms with van der Waals surface area (Å²) in [6.07, 6.45) is -0.137. The molecular formula is C27H31N5O6. The van der Waals surface area contributed by atoms with Crippen LogP contribution in [0.1, 0.15) is 28.1 Å². The van der Waals surface area contributed by atoms with E-state index in [9.17, 15) is 19.5 Å². The molecule has 0 unspecified atom stereocenters. The summed E-state index contributed by atoms with van der Waals surface area (Å²) in [5.74, 6) is 0.360. The van der Waals surface area contributed by atoms with E-state index >= 15 is 0 Å². The number of likely N-dealkylation sites (N-methyl/N-ethyl adjacent to an activating group) is 1. The highest BCUT2D eigenvalue weighted by Gasteiger charge is 2.53. The average Bonchev–Trinajstić information content (AvgIpc) is 3.54. The summed E-state index contributed by atoms with van der Waals surface area (Å²) in [7, 11) is 5.49. The van der Waals surface area contributed by atoms with Gasteiger partial charge in [0.1, 0.15) is 28.3 Å². The molecule has 2 aliphatic heterocycles. The number of carbonyl (C=O) groups is 3. The zero-order valence-corrected chi connectivity index (χ0v) is 21.7. The third-order valence-electron chi connectivity index (χ3n) is 7.15. The fraction of sp³-hybridized carbons (Fsp3) is 0.407. The smallest absolute Gasteiger partial charge is 0.254 e. The lowest BCUT2D eigenvalue weighted by Crippen LogP contribution is -2.46. The number of nitrogens with zero attached hydrogens (tertiary/aromatic N) is 4. The number of furan rings is 1.